The van der Waals surface area contributed by atoms with Crippen LogP contribution in [0.1, 0.15) is 0 Å². The summed E-state index contributed by atoms with van der Waals surface area (Å²) in [4.78, 5) is 24.5. The van der Waals surface area contributed by atoms with Gasteiger partial charge in [-0.25, -0.2) is 14.8 Å². The molecule has 3 rings (SSSR count). The Morgan fingerprint density at radius 3 is 2.94 bits per heavy atom. The SMILES string of the molecule is O=c1nccc(-c2ccc3nc[nH]c3c2)[nH]1. The Bertz CT molecular complexity index is 698. The molecule has 1 aromatic carbocycles. The van der Waals surface area contributed by atoms with Crippen LogP contribution < -0.4 is 5.69 Å². The first kappa shape index (κ1) is 8.84. The van der Waals surface area contributed by atoms with E-state index in [1.54, 1.807) is 12.4 Å². The zero-order valence-electron chi connectivity index (χ0n) is 8.27. The van der Waals surface area contributed by atoms with Gasteiger partial charge < -0.3 is 9.97 Å². The van der Waals surface area contributed by atoms with E-state index in [0.29, 0.717) is 0 Å². The van der Waals surface area contributed by atoms with Crippen molar-refractivity contribution in [1.29, 1.82) is 0 Å². The van der Waals surface area contributed by atoms with Crippen molar-refractivity contribution in [3.05, 3.63) is 47.3 Å². The Morgan fingerprint density at radius 1 is 1.12 bits per heavy atom. The molecule has 0 atom stereocenters. The van der Waals surface area contributed by atoms with Crippen LogP contribution in [0.3, 0.4) is 0 Å². The minimum absolute atomic E-state index is 0.345. The third-order valence-electron chi connectivity index (χ3n) is 2.41. The largest absolute Gasteiger partial charge is 0.345 e. The third kappa shape index (κ3) is 1.38. The van der Waals surface area contributed by atoms with E-state index in [2.05, 4.69) is 19.9 Å². The van der Waals surface area contributed by atoms with Crippen LogP contribution in [0.4, 0.5) is 0 Å². The summed E-state index contributed by atoms with van der Waals surface area (Å²) in [6.45, 7) is 0. The van der Waals surface area contributed by atoms with E-state index in [4.69, 9.17) is 0 Å². The highest BCUT2D eigenvalue weighted by molar-refractivity contribution is 5.80. The van der Waals surface area contributed by atoms with Gasteiger partial charge >= 0.3 is 5.69 Å². The van der Waals surface area contributed by atoms with E-state index in [0.717, 1.165) is 22.3 Å². The molecule has 78 valence electrons. The molecule has 5 heteroatoms. The maximum absolute atomic E-state index is 11.1. The molecule has 0 saturated heterocycles. The van der Waals surface area contributed by atoms with Gasteiger partial charge in [-0.1, -0.05) is 6.07 Å². The number of aromatic nitrogens is 4. The number of rotatable bonds is 1. The number of nitrogens with zero attached hydrogens (tertiary/aromatic N) is 2. The Labute approximate surface area is 90.2 Å². The lowest BCUT2D eigenvalue weighted by Crippen LogP contribution is -2.09. The molecular weight excluding hydrogens is 204 g/mol. The molecule has 16 heavy (non-hydrogen) atoms. The van der Waals surface area contributed by atoms with Crippen molar-refractivity contribution < 1.29 is 0 Å². The van der Waals surface area contributed by atoms with Crippen molar-refractivity contribution in [3.63, 3.8) is 0 Å². The standard InChI is InChI=1S/C11H8N4O/c16-11-12-4-3-8(15-11)7-1-2-9-10(5-7)14-6-13-9/h1-6H,(H,13,14)(H,12,15,16). The Kier molecular flexibility index (Phi) is 1.83. The molecule has 2 aromatic heterocycles. The fourth-order valence-corrected chi connectivity index (χ4v) is 1.64. The van der Waals surface area contributed by atoms with Crippen molar-refractivity contribution in [2.45, 2.75) is 0 Å². The third-order valence-corrected chi connectivity index (χ3v) is 2.41. The van der Waals surface area contributed by atoms with Gasteiger partial charge in [0, 0.05) is 11.8 Å². The monoisotopic (exact) mass is 212 g/mol. The normalized spacial score (nSPS) is 10.8. The van der Waals surface area contributed by atoms with Crippen molar-refractivity contribution in [3.8, 4) is 11.3 Å². The number of fused-ring (bicyclic) bond motifs is 1. The average Bonchev–Trinajstić information content (AvgIpc) is 2.75. The smallest absolute Gasteiger partial charge is 0.345 e. The second-order valence-corrected chi connectivity index (χ2v) is 3.42. The highest BCUT2D eigenvalue weighted by Crippen LogP contribution is 2.19. The van der Waals surface area contributed by atoms with Crippen molar-refractivity contribution in [2.24, 2.45) is 0 Å². The molecule has 0 aliphatic heterocycles. The van der Waals surface area contributed by atoms with Gasteiger partial charge in [-0.15, -0.1) is 0 Å². The minimum Gasteiger partial charge on any atom is -0.345 e. The Hall–Kier alpha value is -2.43. The summed E-state index contributed by atoms with van der Waals surface area (Å²) in [6.07, 6.45) is 3.13. The van der Waals surface area contributed by atoms with Crippen LogP contribution in [0.2, 0.25) is 0 Å². The van der Waals surface area contributed by atoms with E-state index < -0.39 is 0 Å². The number of H-pyrrole nitrogens is 2. The maximum Gasteiger partial charge on any atom is 0.345 e. The minimum atomic E-state index is -0.345. The summed E-state index contributed by atoms with van der Waals surface area (Å²) in [5, 5.41) is 0. The highest BCUT2D eigenvalue weighted by Gasteiger charge is 2.01. The van der Waals surface area contributed by atoms with Crippen molar-refractivity contribution in [1.82, 2.24) is 19.9 Å². The van der Waals surface area contributed by atoms with Gasteiger partial charge in [-0.2, -0.15) is 0 Å². The molecule has 3 aromatic rings. The number of aromatic amines is 2. The average molecular weight is 212 g/mol. The zero-order valence-corrected chi connectivity index (χ0v) is 8.27. The van der Waals surface area contributed by atoms with E-state index >= 15 is 0 Å². The second-order valence-electron chi connectivity index (χ2n) is 3.42. The second kappa shape index (κ2) is 3.30. The van der Waals surface area contributed by atoms with Crippen LogP contribution in [0.5, 0.6) is 0 Å². The van der Waals surface area contributed by atoms with Crippen molar-refractivity contribution >= 4 is 11.0 Å². The predicted octanol–water partition coefficient (Wildman–Crippen LogP) is 1.31. The summed E-state index contributed by atoms with van der Waals surface area (Å²) in [5.74, 6) is 0. The van der Waals surface area contributed by atoms with Gasteiger partial charge in [0.05, 0.1) is 23.1 Å². The molecule has 0 amide bonds. The van der Waals surface area contributed by atoms with Gasteiger partial charge in [0.25, 0.3) is 0 Å². The van der Waals surface area contributed by atoms with Crippen LogP contribution in [-0.2, 0) is 0 Å². The molecule has 0 aliphatic rings. The first-order chi connectivity index (χ1) is 7.83. The molecule has 0 unspecified atom stereocenters. The topological polar surface area (TPSA) is 74.4 Å². The summed E-state index contributed by atoms with van der Waals surface area (Å²) in [6, 6.07) is 7.51. The quantitative estimate of drug-likeness (QED) is 0.638. The maximum atomic E-state index is 11.1. The fraction of sp³-hybridized carbons (Fsp3) is 0. The van der Waals surface area contributed by atoms with E-state index in [1.807, 2.05) is 18.2 Å². The number of nitrogens with one attached hydrogen (secondary N) is 2. The lowest BCUT2D eigenvalue weighted by atomic mass is 10.1. The van der Waals surface area contributed by atoms with Crippen LogP contribution in [-0.4, -0.2) is 19.9 Å². The molecule has 0 radical (unpaired) electrons. The molecule has 5 nitrogen and oxygen atoms in total. The molecule has 0 spiro atoms. The van der Waals surface area contributed by atoms with Crippen LogP contribution >= 0.6 is 0 Å². The molecule has 2 N–H and O–H groups in total. The lowest BCUT2D eigenvalue weighted by molar-refractivity contribution is 1.08. The van der Waals surface area contributed by atoms with Gasteiger partial charge in [-0.05, 0) is 18.2 Å². The lowest BCUT2D eigenvalue weighted by Gasteiger charge is -2.00. The van der Waals surface area contributed by atoms with E-state index in [-0.39, 0.29) is 5.69 Å². The summed E-state index contributed by atoms with van der Waals surface area (Å²) in [7, 11) is 0. The van der Waals surface area contributed by atoms with Gasteiger partial charge in [-0.3, -0.25) is 0 Å². The number of imidazole rings is 1. The number of hydrogen-bond acceptors (Lipinski definition) is 3. The Morgan fingerprint density at radius 2 is 2.06 bits per heavy atom. The molecule has 2 heterocycles. The molecule has 0 bridgehead atoms. The number of benzene rings is 1. The van der Waals surface area contributed by atoms with Crippen LogP contribution in [0, 0.1) is 0 Å². The first-order valence-corrected chi connectivity index (χ1v) is 4.82. The fourth-order valence-electron chi connectivity index (χ4n) is 1.64. The molecule has 0 fully saturated rings. The molecule has 0 aliphatic carbocycles. The summed E-state index contributed by atoms with van der Waals surface area (Å²) in [5.41, 5.74) is 3.17. The highest BCUT2D eigenvalue weighted by atomic mass is 16.1. The van der Waals surface area contributed by atoms with Crippen molar-refractivity contribution in [2.75, 3.05) is 0 Å². The van der Waals surface area contributed by atoms with Crippen LogP contribution in [0.25, 0.3) is 22.3 Å². The first-order valence-electron chi connectivity index (χ1n) is 4.82. The summed E-state index contributed by atoms with van der Waals surface area (Å²) >= 11 is 0. The van der Waals surface area contributed by atoms with Gasteiger partial charge in [0.2, 0.25) is 0 Å². The molecule has 0 saturated carbocycles. The van der Waals surface area contributed by atoms with Crippen LogP contribution in [0.15, 0.2) is 41.6 Å². The van der Waals surface area contributed by atoms with Gasteiger partial charge in [0.1, 0.15) is 0 Å². The van der Waals surface area contributed by atoms with E-state index in [1.165, 1.54) is 6.20 Å². The predicted molar refractivity (Wildman–Crippen MR) is 59.9 cm³/mol. The molecular formula is C11H8N4O. The summed E-state index contributed by atoms with van der Waals surface area (Å²) < 4.78 is 0. The zero-order chi connectivity index (χ0) is 11.0. The van der Waals surface area contributed by atoms with E-state index in [9.17, 15) is 4.79 Å². The number of hydrogen-bond donors (Lipinski definition) is 2. The Balaban J connectivity index is 2.21. The van der Waals surface area contributed by atoms with Gasteiger partial charge in [0.15, 0.2) is 0 Å².